The predicted molar refractivity (Wildman–Crippen MR) is 88.2 cm³/mol. The monoisotopic (exact) mass is 313 g/mol. The van der Waals surface area contributed by atoms with E-state index in [2.05, 4.69) is 16.5 Å². The van der Waals surface area contributed by atoms with Crippen molar-refractivity contribution in [2.75, 3.05) is 11.4 Å². The third kappa shape index (κ3) is 2.78. The van der Waals surface area contributed by atoms with Gasteiger partial charge in [-0.05, 0) is 30.3 Å². The maximum Gasteiger partial charge on any atom is 0.172 e. The lowest BCUT2D eigenvalue weighted by Gasteiger charge is -2.23. The SMILES string of the molecule is C=CCN(c1cccc(F)c1)c1nc2ccccc2nc1Cl. The molecular weight excluding hydrogens is 301 g/mol. The normalized spacial score (nSPS) is 10.6. The summed E-state index contributed by atoms with van der Waals surface area (Å²) >= 11 is 6.28. The van der Waals surface area contributed by atoms with E-state index in [1.54, 1.807) is 23.1 Å². The Morgan fingerprint density at radius 3 is 2.50 bits per heavy atom. The minimum atomic E-state index is -0.323. The second-order valence-corrected chi connectivity index (χ2v) is 5.06. The van der Waals surface area contributed by atoms with Gasteiger partial charge < -0.3 is 4.90 Å². The molecule has 0 radical (unpaired) electrons. The van der Waals surface area contributed by atoms with Crippen LogP contribution in [-0.2, 0) is 0 Å². The molecule has 0 fully saturated rings. The van der Waals surface area contributed by atoms with E-state index in [-0.39, 0.29) is 11.0 Å². The Balaban J connectivity index is 2.16. The smallest absolute Gasteiger partial charge is 0.172 e. The molecular formula is C17H13ClFN3. The highest BCUT2D eigenvalue weighted by Gasteiger charge is 2.16. The first kappa shape index (κ1) is 14.5. The molecule has 0 amide bonds. The number of hydrogen-bond donors (Lipinski definition) is 0. The van der Waals surface area contributed by atoms with Crippen molar-refractivity contribution in [3.63, 3.8) is 0 Å². The van der Waals surface area contributed by atoms with E-state index in [1.807, 2.05) is 24.3 Å². The molecule has 0 saturated heterocycles. The highest BCUT2D eigenvalue weighted by atomic mass is 35.5. The van der Waals surface area contributed by atoms with Crippen LogP contribution in [0.5, 0.6) is 0 Å². The Kier molecular flexibility index (Phi) is 4.02. The van der Waals surface area contributed by atoms with Crippen LogP contribution in [0.2, 0.25) is 5.15 Å². The van der Waals surface area contributed by atoms with Crippen LogP contribution in [0.25, 0.3) is 11.0 Å². The topological polar surface area (TPSA) is 29.0 Å². The average Bonchev–Trinajstić information content (AvgIpc) is 2.52. The highest BCUT2D eigenvalue weighted by molar-refractivity contribution is 6.32. The van der Waals surface area contributed by atoms with Gasteiger partial charge in [0, 0.05) is 12.2 Å². The number of para-hydroxylation sites is 2. The second-order valence-electron chi connectivity index (χ2n) is 4.71. The summed E-state index contributed by atoms with van der Waals surface area (Å²) < 4.78 is 13.5. The molecule has 3 rings (SSSR count). The number of nitrogens with zero attached hydrogens (tertiary/aromatic N) is 3. The van der Waals surface area contributed by atoms with E-state index in [9.17, 15) is 4.39 Å². The van der Waals surface area contributed by atoms with Crippen molar-refractivity contribution in [3.05, 3.63) is 72.2 Å². The molecule has 1 heterocycles. The molecule has 0 N–H and O–H groups in total. The Morgan fingerprint density at radius 1 is 1.09 bits per heavy atom. The molecule has 110 valence electrons. The summed E-state index contributed by atoms with van der Waals surface area (Å²) in [5, 5.41) is 0.268. The minimum absolute atomic E-state index is 0.268. The summed E-state index contributed by atoms with van der Waals surface area (Å²) in [5.74, 6) is 0.155. The quantitative estimate of drug-likeness (QED) is 0.651. The molecule has 0 saturated carbocycles. The second kappa shape index (κ2) is 6.12. The number of aromatic nitrogens is 2. The molecule has 0 atom stereocenters. The molecule has 3 aromatic rings. The molecule has 0 unspecified atom stereocenters. The zero-order valence-corrected chi connectivity index (χ0v) is 12.5. The Hall–Kier alpha value is -2.46. The van der Waals surface area contributed by atoms with Crippen molar-refractivity contribution in [1.82, 2.24) is 9.97 Å². The van der Waals surface area contributed by atoms with Crippen molar-refractivity contribution in [2.45, 2.75) is 0 Å². The van der Waals surface area contributed by atoms with Gasteiger partial charge in [0.2, 0.25) is 0 Å². The van der Waals surface area contributed by atoms with E-state index in [1.165, 1.54) is 12.1 Å². The van der Waals surface area contributed by atoms with Crippen LogP contribution in [0.15, 0.2) is 61.2 Å². The van der Waals surface area contributed by atoms with Crippen molar-refractivity contribution in [3.8, 4) is 0 Å². The van der Waals surface area contributed by atoms with E-state index in [0.717, 1.165) is 5.52 Å². The van der Waals surface area contributed by atoms with Gasteiger partial charge in [0.1, 0.15) is 5.82 Å². The van der Waals surface area contributed by atoms with Crippen LogP contribution >= 0.6 is 11.6 Å². The summed E-state index contributed by atoms with van der Waals surface area (Å²) in [6.07, 6.45) is 1.71. The van der Waals surface area contributed by atoms with Gasteiger partial charge in [-0.2, -0.15) is 0 Å². The predicted octanol–water partition coefficient (Wildman–Crippen LogP) is 4.75. The lowest BCUT2D eigenvalue weighted by Crippen LogP contribution is -2.19. The number of halogens is 2. The highest BCUT2D eigenvalue weighted by Crippen LogP contribution is 2.30. The number of rotatable bonds is 4. The zero-order chi connectivity index (χ0) is 15.5. The van der Waals surface area contributed by atoms with Gasteiger partial charge in [-0.1, -0.05) is 35.9 Å². The van der Waals surface area contributed by atoms with E-state index >= 15 is 0 Å². The van der Waals surface area contributed by atoms with Crippen LogP contribution in [-0.4, -0.2) is 16.5 Å². The lowest BCUT2D eigenvalue weighted by molar-refractivity contribution is 0.627. The van der Waals surface area contributed by atoms with Gasteiger partial charge in [0.05, 0.1) is 11.0 Å². The van der Waals surface area contributed by atoms with E-state index < -0.39 is 0 Å². The van der Waals surface area contributed by atoms with E-state index in [0.29, 0.717) is 23.6 Å². The molecule has 0 spiro atoms. The minimum Gasteiger partial charge on any atom is -0.320 e. The molecule has 0 bridgehead atoms. The van der Waals surface area contributed by atoms with E-state index in [4.69, 9.17) is 11.6 Å². The molecule has 0 aliphatic carbocycles. The average molecular weight is 314 g/mol. The first-order valence-corrected chi connectivity index (χ1v) is 7.13. The van der Waals surface area contributed by atoms with Crippen LogP contribution in [0.1, 0.15) is 0 Å². The maximum absolute atomic E-state index is 13.5. The third-order valence-electron chi connectivity index (χ3n) is 3.20. The van der Waals surface area contributed by atoms with Gasteiger partial charge in [0.25, 0.3) is 0 Å². The van der Waals surface area contributed by atoms with Crippen molar-refractivity contribution in [1.29, 1.82) is 0 Å². The Labute approximate surface area is 132 Å². The molecule has 1 aromatic heterocycles. The largest absolute Gasteiger partial charge is 0.320 e. The van der Waals surface area contributed by atoms with Gasteiger partial charge in [-0.15, -0.1) is 6.58 Å². The Bertz CT molecular complexity index is 835. The summed E-state index contributed by atoms with van der Waals surface area (Å²) in [5.41, 5.74) is 2.09. The lowest BCUT2D eigenvalue weighted by atomic mass is 10.2. The van der Waals surface area contributed by atoms with Crippen molar-refractivity contribution in [2.24, 2.45) is 0 Å². The fourth-order valence-electron chi connectivity index (χ4n) is 2.23. The third-order valence-corrected chi connectivity index (χ3v) is 3.45. The van der Waals surface area contributed by atoms with Crippen molar-refractivity contribution < 1.29 is 4.39 Å². The molecule has 5 heteroatoms. The summed E-state index contributed by atoms with van der Waals surface area (Å²) in [7, 11) is 0. The summed E-state index contributed by atoms with van der Waals surface area (Å²) in [6.45, 7) is 4.18. The summed E-state index contributed by atoms with van der Waals surface area (Å²) in [6, 6.07) is 13.7. The zero-order valence-electron chi connectivity index (χ0n) is 11.7. The fourth-order valence-corrected chi connectivity index (χ4v) is 2.46. The molecule has 0 aliphatic heterocycles. The van der Waals surface area contributed by atoms with Gasteiger partial charge in [0.15, 0.2) is 11.0 Å². The number of benzene rings is 2. The standard InChI is InChI=1S/C17H13ClFN3/c1-2-10-22(13-7-5-6-12(19)11-13)17-16(18)20-14-8-3-4-9-15(14)21-17/h2-9,11H,1,10H2. The van der Waals surface area contributed by atoms with Crippen LogP contribution in [0.4, 0.5) is 15.9 Å². The van der Waals surface area contributed by atoms with Crippen LogP contribution in [0, 0.1) is 5.82 Å². The van der Waals surface area contributed by atoms with Crippen LogP contribution < -0.4 is 4.90 Å². The molecule has 0 aliphatic rings. The first-order valence-electron chi connectivity index (χ1n) is 6.75. The summed E-state index contributed by atoms with van der Waals surface area (Å²) in [4.78, 5) is 10.7. The van der Waals surface area contributed by atoms with Crippen LogP contribution in [0.3, 0.4) is 0 Å². The van der Waals surface area contributed by atoms with Gasteiger partial charge in [-0.3, -0.25) is 0 Å². The molecule has 2 aromatic carbocycles. The number of fused-ring (bicyclic) bond motifs is 1. The molecule has 3 nitrogen and oxygen atoms in total. The number of hydrogen-bond acceptors (Lipinski definition) is 3. The van der Waals surface area contributed by atoms with Crippen molar-refractivity contribution >= 4 is 34.1 Å². The maximum atomic E-state index is 13.5. The number of anilines is 2. The Morgan fingerprint density at radius 2 is 1.82 bits per heavy atom. The fraction of sp³-hybridized carbons (Fsp3) is 0.0588. The molecule has 22 heavy (non-hydrogen) atoms. The van der Waals surface area contributed by atoms with Gasteiger partial charge in [-0.25, -0.2) is 14.4 Å². The first-order chi connectivity index (χ1) is 10.7. The van der Waals surface area contributed by atoms with Gasteiger partial charge >= 0.3 is 0 Å².